The van der Waals surface area contributed by atoms with Crippen LogP contribution in [0.2, 0.25) is 0 Å². The summed E-state index contributed by atoms with van der Waals surface area (Å²) < 4.78 is 1.13. The van der Waals surface area contributed by atoms with Crippen LogP contribution in [-0.2, 0) is 0 Å². The Hall–Kier alpha value is -1.55. The Bertz CT molecular complexity index is 612. The third-order valence-corrected chi connectivity index (χ3v) is 5.00. The predicted molar refractivity (Wildman–Crippen MR) is 85.2 cm³/mol. The minimum absolute atomic E-state index is 0.187. The van der Waals surface area contributed by atoms with Crippen molar-refractivity contribution in [3.63, 3.8) is 0 Å². The fraction of sp³-hybridized carbons (Fsp3) is 0.438. The Kier molecular flexibility index (Phi) is 3.92. The molecular formula is C16H20N2OS. The molecule has 1 saturated heterocycles. The molecule has 0 radical (unpaired) electrons. The van der Waals surface area contributed by atoms with Gasteiger partial charge in [0.05, 0.1) is 4.88 Å². The van der Waals surface area contributed by atoms with Crippen LogP contribution in [0, 0.1) is 0 Å². The van der Waals surface area contributed by atoms with Crippen LogP contribution in [0.1, 0.15) is 41.8 Å². The summed E-state index contributed by atoms with van der Waals surface area (Å²) in [5, 5.41) is 1.07. The number of rotatable bonds is 1. The lowest BCUT2D eigenvalue weighted by atomic mass is 10.1. The van der Waals surface area contributed by atoms with Gasteiger partial charge in [0.25, 0.3) is 5.91 Å². The average molecular weight is 288 g/mol. The van der Waals surface area contributed by atoms with E-state index in [9.17, 15) is 4.79 Å². The number of anilines is 1. The van der Waals surface area contributed by atoms with Gasteiger partial charge in [-0.15, -0.1) is 11.3 Å². The molecule has 0 aliphatic carbocycles. The maximum atomic E-state index is 12.6. The van der Waals surface area contributed by atoms with Gasteiger partial charge in [0.15, 0.2) is 0 Å². The third-order valence-electron chi connectivity index (χ3n) is 3.89. The van der Waals surface area contributed by atoms with Crippen molar-refractivity contribution in [2.45, 2.75) is 32.1 Å². The highest BCUT2D eigenvalue weighted by molar-refractivity contribution is 7.20. The lowest BCUT2D eigenvalue weighted by Gasteiger charge is -2.24. The number of carbonyl (C=O) groups excluding carboxylic acids is 1. The summed E-state index contributed by atoms with van der Waals surface area (Å²) in [7, 11) is 0. The van der Waals surface area contributed by atoms with Crippen molar-refractivity contribution >= 4 is 33.0 Å². The minimum atomic E-state index is 0.187. The fourth-order valence-electron chi connectivity index (χ4n) is 2.77. The fourth-order valence-corrected chi connectivity index (χ4v) is 3.78. The lowest BCUT2D eigenvalue weighted by molar-refractivity contribution is 0.0747. The number of fused-ring (bicyclic) bond motifs is 1. The summed E-state index contributed by atoms with van der Waals surface area (Å²) in [6, 6.07) is 7.82. The molecule has 2 heterocycles. The Labute approximate surface area is 123 Å². The Morgan fingerprint density at radius 2 is 1.75 bits per heavy atom. The molecule has 0 unspecified atom stereocenters. The summed E-state index contributed by atoms with van der Waals surface area (Å²) in [6.45, 7) is 1.80. The summed E-state index contributed by atoms with van der Waals surface area (Å²) in [5.41, 5.74) is 6.55. The van der Waals surface area contributed by atoms with Crippen LogP contribution in [0.4, 0.5) is 5.69 Å². The van der Waals surface area contributed by atoms with Crippen molar-refractivity contribution in [1.82, 2.24) is 4.90 Å². The Balaban J connectivity index is 1.83. The summed E-state index contributed by atoms with van der Waals surface area (Å²) in [5.74, 6) is 0.187. The quantitative estimate of drug-likeness (QED) is 0.809. The van der Waals surface area contributed by atoms with Gasteiger partial charge in [-0.05, 0) is 42.5 Å². The van der Waals surface area contributed by atoms with E-state index in [1.54, 1.807) is 11.3 Å². The van der Waals surface area contributed by atoms with Gasteiger partial charge in [-0.2, -0.15) is 0 Å². The Morgan fingerprint density at radius 3 is 2.50 bits per heavy atom. The number of hydrogen-bond donors (Lipinski definition) is 1. The number of nitrogens with zero attached hydrogens (tertiary/aromatic N) is 1. The van der Waals surface area contributed by atoms with Gasteiger partial charge < -0.3 is 10.6 Å². The Morgan fingerprint density at radius 1 is 1.05 bits per heavy atom. The maximum Gasteiger partial charge on any atom is 0.263 e. The minimum Gasteiger partial charge on any atom is -0.399 e. The van der Waals surface area contributed by atoms with Gasteiger partial charge in [-0.3, -0.25) is 4.79 Å². The topological polar surface area (TPSA) is 46.3 Å². The van der Waals surface area contributed by atoms with Crippen LogP contribution in [-0.4, -0.2) is 23.9 Å². The molecule has 0 bridgehead atoms. The SMILES string of the molecule is Nc1ccc2sc(C(=O)N3CCCCCCC3)cc2c1. The molecule has 0 spiro atoms. The second-order valence-corrected chi connectivity index (χ2v) is 6.55. The number of thiophene rings is 1. The first-order chi connectivity index (χ1) is 9.74. The highest BCUT2D eigenvalue weighted by Gasteiger charge is 2.18. The van der Waals surface area contributed by atoms with E-state index < -0.39 is 0 Å². The predicted octanol–water partition coefficient (Wildman–Crippen LogP) is 3.89. The number of nitrogen functional groups attached to an aromatic ring is 1. The van der Waals surface area contributed by atoms with Crippen molar-refractivity contribution in [2.24, 2.45) is 0 Å². The summed E-state index contributed by atoms with van der Waals surface area (Å²) in [4.78, 5) is 15.5. The van der Waals surface area contributed by atoms with Crippen molar-refractivity contribution in [2.75, 3.05) is 18.8 Å². The first kappa shape index (κ1) is 13.4. The second-order valence-electron chi connectivity index (χ2n) is 5.47. The van der Waals surface area contributed by atoms with Crippen LogP contribution < -0.4 is 5.73 Å². The molecule has 0 atom stereocenters. The normalized spacial score (nSPS) is 16.9. The van der Waals surface area contributed by atoms with E-state index in [2.05, 4.69) is 0 Å². The van der Waals surface area contributed by atoms with Gasteiger partial charge in [0.1, 0.15) is 0 Å². The van der Waals surface area contributed by atoms with Crippen LogP contribution in [0.3, 0.4) is 0 Å². The zero-order valence-corrected chi connectivity index (χ0v) is 12.4. The molecular weight excluding hydrogens is 268 g/mol. The highest BCUT2D eigenvalue weighted by Crippen LogP contribution is 2.28. The van der Waals surface area contributed by atoms with E-state index in [0.717, 1.165) is 46.6 Å². The van der Waals surface area contributed by atoms with Gasteiger partial charge >= 0.3 is 0 Å². The first-order valence-corrected chi connectivity index (χ1v) is 8.14. The molecule has 1 amide bonds. The molecule has 3 rings (SSSR count). The number of likely N-dealkylation sites (tertiary alicyclic amines) is 1. The van der Waals surface area contributed by atoms with Gasteiger partial charge in [0, 0.05) is 23.5 Å². The molecule has 3 nitrogen and oxygen atoms in total. The third kappa shape index (κ3) is 2.80. The number of hydrogen-bond acceptors (Lipinski definition) is 3. The average Bonchev–Trinajstić information content (AvgIpc) is 2.80. The van der Waals surface area contributed by atoms with E-state index in [-0.39, 0.29) is 5.91 Å². The van der Waals surface area contributed by atoms with Crippen molar-refractivity contribution in [1.29, 1.82) is 0 Å². The highest BCUT2D eigenvalue weighted by atomic mass is 32.1. The molecule has 20 heavy (non-hydrogen) atoms. The van der Waals surface area contributed by atoms with Gasteiger partial charge in [-0.25, -0.2) is 0 Å². The molecule has 1 aromatic carbocycles. The largest absolute Gasteiger partial charge is 0.399 e. The molecule has 1 fully saturated rings. The van der Waals surface area contributed by atoms with Crippen LogP contribution >= 0.6 is 11.3 Å². The van der Waals surface area contributed by atoms with Gasteiger partial charge in [0.2, 0.25) is 0 Å². The number of nitrogens with two attached hydrogens (primary N) is 1. The monoisotopic (exact) mass is 288 g/mol. The van der Waals surface area contributed by atoms with Crippen LogP contribution in [0.25, 0.3) is 10.1 Å². The zero-order valence-electron chi connectivity index (χ0n) is 11.6. The molecule has 106 valence electrons. The molecule has 0 saturated carbocycles. The first-order valence-electron chi connectivity index (χ1n) is 7.32. The van der Waals surface area contributed by atoms with Crippen molar-refractivity contribution in [3.05, 3.63) is 29.1 Å². The van der Waals surface area contributed by atoms with Crippen LogP contribution in [0.15, 0.2) is 24.3 Å². The van der Waals surface area contributed by atoms with Crippen LogP contribution in [0.5, 0.6) is 0 Å². The molecule has 4 heteroatoms. The number of carbonyl (C=O) groups is 1. The summed E-state index contributed by atoms with van der Waals surface area (Å²) in [6.07, 6.45) is 6.05. The van der Waals surface area contributed by atoms with E-state index in [1.165, 1.54) is 19.3 Å². The molecule has 2 aromatic rings. The van der Waals surface area contributed by atoms with E-state index in [1.807, 2.05) is 29.2 Å². The zero-order chi connectivity index (χ0) is 13.9. The molecule has 1 aromatic heterocycles. The summed E-state index contributed by atoms with van der Waals surface area (Å²) >= 11 is 1.57. The van der Waals surface area contributed by atoms with Crippen molar-refractivity contribution < 1.29 is 4.79 Å². The number of benzene rings is 1. The lowest BCUT2D eigenvalue weighted by Crippen LogP contribution is -2.33. The van der Waals surface area contributed by atoms with Crippen molar-refractivity contribution in [3.8, 4) is 0 Å². The molecule has 2 N–H and O–H groups in total. The van der Waals surface area contributed by atoms with E-state index in [4.69, 9.17) is 5.73 Å². The van der Waals surface area contributed by atoms with E-state index in [0.29, 0.717) is 0 Å². The maximum absolute atomic E-state index is 12.6. The molecule has 1 aliphatic rings. The van der Waals surface area contributed by atoms with Gasteiger partial charge in [-0.1, -0.05) is 19.3 Å². The standard InChI is InChI=1S/C16H20N2OS/c17-13-6-7-14-12(10-13)11-15(20-14)16(19)18-8-4-2-1-3-5-9-18/h6-7,10-11H,1-5,8-9,17H2. The number of amides is 1. The van der Waals surface area contributed by atoms with E-state index >= 15 is 0 Å². The smallest absolute Gasteiger partial charge is 0.263 e. The molecule has 1 aliphatic heterocycles. The second kappa shape index (κ2) is 5.83.